The first kappa shape index (κ1) is 14.9. The van der Waals surface area contributed by atoms with E-state index in [1.54, 1.807) is 0 Å². The van der Waals surface area contributed by atoms with Gasteiger partial charge in [0, 0.05) is 18.6 Å². The van der Waals surface area contributed by atoms with E-state index in [9.17, 15) is 9.18 Å². The molecule has 0 unspecified atom stereocenters. The van der Waals surface area contributed by atoms with Crippen LogP contribution >= 0.6 is 34.7 Å². The van der Waals surface area contributed by atoms with Crippen LogP contribution in [0.5, 0.6) is 0 Å². The first-order valence-electron chi connectivity index (χ1n) is 4.38. The standard InChI is InChI=1S/C8H8Cl2FN3O3S/c1-14(4(3-15)5(16)17-2)7-12-6(13-18-7)8(9,10)11/h3,15H,1-2H3/b4-3+. The van der Waals surface area contributed by atoms with Crippen molar-refractivity contribution in [1.82, 2.24) is 9.36 Å². The van der Waals surface area contributed by atoms with E-state index in [2.05, 4.69) is 14.1 Å². The molecule has 0 amide bonds. The molecule has 1 N–H and O–H groups in total. The van der Waals surface area contributed by atoms with Crippen molar-refractivity contribution >= 4 is 45.8 Å². The number of methoxy groups -OCH3 is 1. The van der Waals surface area contributed by atoms with Crippen LogP contribution < -0.4 is 4.90 Å². The number of ether oxygens (including phenoxy) is 1. The van der Waals surface area contributed by atoms with Crippen LogP contribution in [-0.2, 0) is 14.1 Å². The van der Waals surface area contributed by atoms with Crippen LogP contribution in [0, 0.1) is 0 Å². The van der Waals surface area contributed by atoms with Crippen LogP contribution in [-0.4, -0.2) is 34.6 Å². The van der Waals surface area contributed by atoms with Crippen LogP contribution in [0.2, 0.25) is 0 Å². The summed E-state index contributed by atoms with van der Waals surface area (Å²) in [7, 11) is 2.56. The van der Waals surface area contributed by atoms with Gasteiger partial charge in [-0.3, -0.25) is 0 Å². The molecule has 0 saturated heterocycles. The fourth-order valence-corrected chi connectivity index (χ4v) is 1.90. The van der Waals surface area contributed by atoms with Gasteiger partial charge >= 0.3 is 10.6 Å². The summed E-state index contributed by atoms with van der Waals surface area (Å²) in [4.78, 5) is 16.2. The second kappa shape index (κ2) is 5.68. The molecule has 100 valence electrons. The Hall–Kier alpha value is -1.12. The van der Waals surface area contributed by atoms with Gasteiger partial charge in [0.25, 0.3) is 0 Å². The fraction of sp³-hybridized carbons (Fsp3) is 0.375. The van der Waals surface area contributed by atoms with E-state index >= 15 is 0 Å². The SMILES string of the molecule is COC(=O)/C(=C\O)N(C)c1nc(C(F)(Cl)Cl)ns1. The van der Waals surface area contributed by atoms with Gasteiger partial charge in [-0.2, -0.15) is 13.7 Å². The van der Waals surface area contributed by atoms with Crippen molar-refractivity contribution in [3.8, 4) is 0 Å². The summed E-state index contributed by atoms with van der Waals surface area (Å²) in [6.07, 6.45) is 0.539. The maximum Gasteiger partial charge on any atom is 0.357 e. The average Bonchev–Trinajstić information content (AvgIpc) is 2.78. The lowest BCUT2D eigenvalue weighted by Crippen LogP contribution is -2.24. The molecule has 0 radical (unpaired) electrons. The molecule has 1 aromatic heterocycles. The fourth-order valence-electron chi connectivity index (χ4n) is 0.951. The number of hydrogen-bond acceptors (Lipinski definition) is 7. The predicted octanol–water partition coefficient (Wildman–Crippen LogP) is 2.10. The number of halogens is 3. The Morgan fingerprint density at radius 1 is 1.67 bits per heavy atom. The third kappa shape index (κ3) is 3.21. The number of alkyl halides is 3. The highest BCUT2D eigenvalue weighted by molar-refractivity contribution is 7.09. The molecule has 1 rings (SSSR count). The smallest absolute Gasteiger partial charge is 0.357 e. The minimum absolute atomic E-state index is 0.110. The molecular formula is C8H8Cl2FN3O3S. The average molecular weight is 316 g/mol. The molecule has 0 bridgehead atoms. The zero-order valence-corrected chi connectivity index (χ0v) is 11.6. The zero-order valence-electron chi connectivity index (χ0n) is 9.22. The Bertz CT molecular complexity index is 474. The van der Waals surface area contributed by atoms with Crippen molar-refractivity contribution in [1.29, 1.82) is 0 Å². The van der Waals surface area contributed by atoms with Gasteiger partial charge in [0.1, 0.15) is 6.26 Å². The van der Waals surface area contributed by atoms with Gasteiger partial charge in [0.2, 0.25) is 11.0 Å². The van der Waals surface area contributed by atoms with Crippen molar-refractivity contribution in [2.24, 2.45) is 0 Å². The first-order valence-corrected chi connectivity index (χ1v) is 5.91. The highest BCUT2D eigenvalue weighted by Gasteiger charge is 2.32. The van der Waals surface area contributed by atoms with Crippen molar-refractivity contribution < 1.29 is 19.0 Å². The summed E-state index contributed by atoms with van der Waals surface area (Å²) in [6.45, 7) is 0. The Kier molecular flexibility index (Phi) is 4.71. The number of hydrogen-bond donors (Lipinski definition) is 1. The highest BCUT2D eigenvalue weighted by Crippen LogP contribution is 2.35. The van der Waals surface area contributed by atoms with Gasteiger partial charge in [-0.05, 0) is 0 Å². The summed E-state index contributed by atoms with van der Waals surface area (Å²) in [5, 5.41) is 9.06. The summed E-state index contributed by atoms with van der Waals surface area (Å²) in [5.41, 5.74) is -0.200. The quantitative estimate of drug-likeness (QED) is 0.397. The minimum atomic E-state index is -2.72. The lowest BCUT2D eigenvalue weighted by Gasteiger charge is -2.15. The Labute approximate surface area is 116 Å². The van der Waals surface area contributed by atoms with Crippen molar-refractivity contribution in [2.45, 2.75) is 4.59 Å². The number of aliphatic hydroxyl groups excluding tert-OH is 1. The van der Waals surface area contributed by atoms with Crippen LogP contribution in [0.25, 0.3) is 0 Å². The summed E-state index contributed by atoms with van der Waals surface area (Å²) in [5.74, 6) is -1.24. The molecule has 1 aromatic rings. The molecule has 0 aromatic carbocycles. The highest BCUT2D eigenvalue weighted by atomic mass is 35.5. The number of aliphatic hydroxyl groups is 1. The van der Waals surface area contributed by atoms with E-state index in [0.29, 0.717) is 6.26 Å². The molecule has 0 aliphatic rings. The molecule has 0 fully saturated rings. The van der Waals surface area contributed by atoms with Gasteiger partial charge in [-0.15, -0.1) is 0 Å². The molecule has 0 spiro atoms. The van der Waals surface area contributed by atoms with E-state index in [0.717, 1.165) is 23.5 Å². The maximum atomic E-state index is 13.1. The molecule has 0 saturated carbocycles. The molecule has 10 heteroatoms. The van der Waals surface area contributed by atoms with Crippen molar-refractivity contribution in [2.75, 3.05) is 19.1 Å². The number of nitrogens with zero attached hydrogens (tertiary/aromatic N) is 3. The Morgan fingerprint density at radius 3 is 2.67 bits per heavy atom. The zero-order chi connectivity index (χ0) is 13.9. The second-order valence-electron chi connectivity index (χ2n) is 2.96. The molecule has 0 aliphatic heterocycles. The number of esters is 1. The number of anilines is 1. The number of carbonyl (C=O) groups is 1. The molecular weight excluding hydrogens is 308 g/mol. The normalized spacial score (nSPS) is 12.4. The summed E-state index contributed by atoms with van der Waals surface area (Å²) in [6, 6.07) is 0. The predicted molar refractivity (Wildman–Crippen MR) is 65.5 cm³/mol. The molecule has 1 heterocycles. The van der Waals surface area contributed by atoms with Gasteiger partial charge in [0.15, 0.2) is 5.70 Å². The van der Waals surface area contributed by atoms with Gasteiger partial charge < -0.3 is 14.7 Å². The summed E-state index contributed by atoms with van der Waals surface area (Å²) >= 11 is 11.1. The van der Waals surface area contributed by atoms with Crippen molar-refractivity contribution in [3.63, 3.8) is 0 Å². The van der Waals surface area contributed by atoms with E-state index < -0.39 is 16.4 Å². The van der Waals surface area contributed by atoms with Gasteiger partial charge in [-0.25, -0.2) is 4.79 Å². The lowest BCUT2D eigenvalue weighted by atomic mass is 10.4. The first-order chi connectivity index (χ1) is 8.31. The van der Waals surface area contributed by atoms with Crippen LogP contribution in [0.15, 0.2) is 12.0 Å². The minimum Gasteiger partial charge on any atom is -0.513 e. The van der Waals surface area contributed by atoms with Gasteiger partial charge in [-0.1, -0.05) is 23.2 Å². The molecule has 6 nitrogen and oxygen atoms in total. The number of likely N-dealkylation sites (N-methyl/N-ethyl adjacent to an activating group) is 1. The number of rotatable bonds is 4. The number of carbonyl (C=O) groups excluding carboxylic acids is 1. The van der Waals surface area contributed by atoms with Crippen molar-refractivity contribution in [3.05, 3.63) is 17.8 Å². The van der Waals surface area contributed by atoms with E-state index in [4.69, 9.17) is 28.3 Å². The molecule has 0 atom stereocenters. The lowest BCUT2D eigenvalue weighted by molar-refractivity contribution is -0.136. The maximum absolute atomic E-state index is 13.1. The molecule has 0 aliphatic carbocycles. The second-order valence-corrected chi connectivity index (χ2v) is 4.93. The van der Waals surface area contributed by atoms with E-state index in [1.807, 2.05) is 0 Å². The van der Waals surface area contributed by atoms with Gasteiger partial charge in [0.05, 0.1) is 7.11 Å². The largest absolute Gasteiger partial charge is 0.513 e. The number of aromatic nitrogens is 2. The molecule has 18 heavy (non-hydrogen) atoms. The van der Waals surface area contributed by atoms with E-state index in [-0.39, 0.29) is 10.8 Å². The van der Waals surface area contributed by atoms with Crippen LogP contribution in [0.3, 0.4) is 0 Å². The summed E-state index contributed by atoms with van der Waals surface area (Å²) < 4.78 is 18.5. The van der Waals surface area contributed by atoms with Crippen LogP contribution in [0.4, 0.5) is 9.52 Å². The van der Waals surface area contributed by atoms with E-state index in [1.165, 1.54) is 7.05 Å². The monoisotopic (exact) mass is 315 g/mol. The Balaban J connectivity index is 3.01. The Morgan fingerprint density at radius 2 is 2.28 bits per heavy atom. The van der Waals surface area contributed by atoms with Crippen LogP contribution in [0.1, 0.15) is 5.82 Å². The topological polar surface area (TPSA) is 75.6 Å². The third-order valence-electron chi connectivity index (χ3n) is 1.83. The third-order valence-corrected chi connectivity index (χ3v) is 2.96.